The predicted octanol–water partition coefficient (Wildman–Crippen LogP) is 9.97. The van der Waals surface area contributed by atoms with Gasteiger partial charge < -0.3 is 9.47 Å². The second-order valence-corrected chi connectivity index (χ2v) is 12.0. The lowest BCUT2D eigenvalue weighted by atomic mass is 9.82. The fourth-order valence-electron chi connectivity index (χ4n) is 4.52. The van der Waals surface area contributed by atoms with Crippen LogP contribution in [0.4, 0.5) is 19.4 Å². The van der Waals surface area contributed by atoms with Crippen LogP contribution in [0.15, 0.2) is 53.4 Å². The van der Waals surface area contributed by atoms with Crippen molar-refractivity contribution in [3.8, 4) is 5.75 Å². The summed E-state index contributed by atoms with van der Waals surface area (Å²) in [4.78, 5) is 10.3. The number of carbonyl (C=O) groups excluding carboxylic acids is 1. The maximum Gasteiger partial charge on any atom is 0.343 e. The van der Waals surface area contributed by atoms with Crippen LogP contribution in [-0.2, 0) is 4.74 Å². The van der Waals surface area contributed by atoms with Crippen LogP contribution in [0.5, 0.6) is 5.75 Å². The number of unbranched alkanes of at least 4 members (excludes halogenated alkanes) is 5. The average Bonchev–Trinajstić information content (AvgIpc) is 2.83. The van der Waals surface area contributed by atoms with E-state index in [9.17, 15) is 24.2 Å². The minimum absolute atomic E-state index is 0.223. The van der Waals surface area contributed by atoms with Crippen LogP contribution >= 0.6 is 10.2 Å². The van der Waals surface area contributed by atoms with Crippen LogP contribution in [0.2, 0.25) is 0 Å². The third-order valence-electron chi connectivity index (χ3n) is 6.62. The van der Waals surface area contributed by atoms with Crippen molar-refractivity contribution < 1.29 is 33.7 Å². The number of halogens is 5. The molecule has 3 nitrogen and oxygen atoms in total. The van der Waals surface area contributed by atoms with E-state index in [1.165, 1.54) is 32.1 Å². The highest BCUT2D eigenvalue weighted by molar-refractivity contribution is 8.45. The topological polar surface area (TPSA) is 35.5 Å². The number of hydrogen-bond acceptors (Lipinski definition) is 3. The molecule has 0 spiro atoms. The molecule has 2 aromatic carbocycles. The molecule has 0 aliphatic heterocycles. The summed E-state index contributed by atoms with van der Waals surface area (Å²) < 4.78 is 75.2. The van der Waals surface area contributed by atoms with E-state index in [0.717, 1.165) is 44.3 Å². The highest BCUT2D eigenvalue weighted by Gasteiger charge is 2.65. The molecule has 202 valence electrons. The van der Waals surface area contributed by atoms with Gasteiger partial charge in [0.2, 0.25) is 0 Å². The molecule has 1 aliphatic rings. The second kappa shape index (κ2) is 11.1. The quantitative estimate of drug-likeness (QED) is 0.118. The smallest absolute Gasteiger partial charge is 0.343 e. The van der Waals surface area contributed by atoms with Crippen LogP contribution in [0.1, 0.15) is 93.0 Å². The molecule has 0 heterocycles. The lowest BCUT2D eigenvalue weighted by Crippen LogP contribution is -2.21. The molecule has 0 bridgehead atoms. The minimum Gasteiger partial charge on any atom is -0.423 e. The zero-order valence-electron chi connectivity index (χ0n) is 20.6. The molecule has 1 saturated carbocycles. The molecule has 3 rings (SSSR count). The molecule has 36 heavy (non-hydrogen) atoms. The second-order valence-electron chi connectivity index (χ2n) is 9.56. The molecular formula is C27H35F5O3S. The van der Waals surface area contributed by atoms with E-state index >= 15 is 0 Å². The van der Waals surface area contributed by atoms with E-state index in [0.29, 0.717) is 24.2 Å². The molecule has 2 aromatic rings. The zero-order valence-corrected chi connectivity index (χ0v) is 21.4. The lowest BCUT2D eigenvalue weighted by molar-refractivity contribution is 0.0226. The Morgan fingerprint density at radius 2 is 1.39 bits per heavy atom. The van der Waals surface area contributed by atoms with E-state index in [2.05, 4.69) is 6.92 Å². The van der Waals surface area contributed by atoms with Gasteiger partial charge in [0.1, 0.15) is 10.6 Å². The number of esters is 1. The van der Waals surface area contributed by atoms with Crippen LogP contribution < -0.4 is 4.74 Å². The van der Waals surface area contributed by atoms with Crippen molar-refractivity contribution in [3.63, 3.8) is 0 Å². The standard InChI is InChI=1S/C27H35F5O3S/c1-2-3-4-5-6-7-20-34-24-14-12-22(13-15-24)21-8-10-23(11-9-21)27(33)35-25-16-18-26(19-17-25)36(28,29,30,31)32/h8-11,16-19,22,24H,2-7,12-15,20H2,1H3/t22-,24-. The highest BCUT2D eigenvalue weighted by Crippen LogP contribution is 3.02. The molecular weight excluding hydrogens is 499 g/mol. The Kier molecular flexibility index (Phi) is 8.76. The van der Waals surface area contributed by atoms with Gasteiger partial charge in [0.05, 0.1) is 11.7 Å². The van der Waals surface area contributed by atoms with Gasteiger partial charge in [-0.05, 0) is 80.0 Å². The third kappa shape index (κ3) is 8.76. The largest absolute Gasteiger partial charge is 0.423 e. The summed E-state index contributed by atoms with van der Waals surface area (Å²) in [5.41, 5.74) is 1.34. The van der Waals surface area contributed by atoms with E-state index in [-0.39, 0.29) is 23.4 Å². The number of hydrogen-bond donors (Lipinski definition) is 0. The normalized spacial score (nSPS) is 20.4. The molecule has 9 heteroatoms. The molecule has 1 fully saturated rings. The zero-order chi connectivity index (χ0) is 26.3. The van der Waals surface area contributed by atoms with Crippen molar-refractivity contribution in [2.75, 3.05) is 6.61 Å². The first-order valence-corrected chi connectivity index (χ1v) is 14.6. The molecule has 0 N–H and O–H groups in total. The molecule has 1 aliphatic carbocycles. The maximum atomic E-state index is 12.8. The van der Waals surface area contributed by atoms with Gasteiger partial charge in [0.25, 0.3) is 0 Å². The monoisotopic (exact) mass is 534 g/mol. The number of carbonyl (C=O) groups is 1. The SMILES string of the molecule is CCCCCCCCO[C@H]1CC[C@H](c2ccc(C(=O)Oc3ccc(S(F)(F)(F)(F)F)cc3)cc2)CC1. The summed E-state index contributed by atoms with van der Waals surface area (Å²) in [6, 6.07) is 8.82. The molecule has 0 aromatic heterocycles. The Bertz CT molecular complexity index is 984. The molecule has 0 radical (unpaired) electrons. The Morgan fingerprint density at radius 3 is 1.97 bits per heavy atom. The van der Waals surface area contributed by atoms with Crippen molar-refractivity contribution in [2.45, 2.75) is 88.0 Å². The summed E-state index contributed by atoms with van der Waals surface area (Å²) in [6.45, 7) is 3.03. The molecule has 0 atom stereocenters. The van der Waals surface area contributed by atoms with Gasteiger partial charge in [0, 0.05) is 6.61 Å². The number of ether oxygens (including phenoxy) is 2. The van der Waals surface area contributed by atoms with Gasteiger partial charge in [0.15, 0.2) is 0 Å². The first-order valence-electron chi connectivity index (χ1n) is 12.6. The van der Waals surface area contributed by atoms with Gasteiger partial charge in [-0.25, -0.2) is 4.79 Å². The van der Waals surface area contributed by atoms with Crippen LogP contribution in [0, 0.1) is 0 Å². The van der Waals surface area contributed by atoms with Gasteiger partial charge in [-0.2, -0.15) is 0 Å². The summed E-state index contributed by atoms with van der Waals surface area (Å²) in [6.07, 6.45) is 11.8. The van der Waals surface area contributed by atoms with Gasteiger partial charge >= 0.3 is 16.2 Å². The van der Waals surface area contributed by atoms with Crippen LogP contribution in [-0.4, -0.2) is 18.7 Å². The van der Waals surface area contributed by atoms with Crippen molar-refractivity contribution >= 4 is 16.2 Å². The predicted molar refractivity (Wildman–Crippen MR) is 134 cm³/mol. The van der Waals surface area contributed by atoms with Gasteiger partial charge in [-0.15, -0.1) is 0 Å². The van der Waals surface area contributed by atoms with Crippen molar-refractivity contribution in [1.29, 1.82) is 0 Å². The Labute approximate surface area is 210 Å². The molecule has 0 amide bonds. The van der Waals surface area contributed by atoms with E-state index < -0.39 is 21.1 Å². The summed E-state index contributed by atoms with van der Waals surface area (Å²) in [5, 5.41) is 0. The Morgan fingerprint density at radius 1 is 0.806 bits per heavy atom. The number of benzene rings is 2. The van der Waals surface area contributed by atoms with Crippen LogP contribution in [0.25, 0.3) is 0 Å². The number of rotatable bonds is 12. The first kappa shape index (κ1) is 28.4. The summed E-state index contributed by atoms with van der Waals surface area (Å²) in [5.74, 6) is -0.633. The Hall–Kier alpha value is -2.13. The average molecular weight is 535 g/mol. The van der Waals surface area contributed by atoms with Gasteiger partial charge in [-0.1, -0.05) is 70.6 Å². The van der Waals surface area contributed by atoms with Crippen LogP contribution in [0.3, 0.4) is 0 Å². The molecule has 0 unspecified atom stereocenters. The van der Waals surface area contributed by atoms with E-state index in [4.69, 9.17) is 9.47 Å². The lowest BCUT2D eigenvalue weighted by Gasteiger charge is -2.40. The summed E-state index contributed by atoms with van der Waals surface area (Å²) in [7, 11) is -9.76. The minimum atomic E-state index is -9.76. The Balaban J connectivity index is 1.44. The third-order valence-corrected chi connectivity index (χ3v) is 7.79. The fourth-order valence-corrected chi connectivity index (χ4v) is 5.17. The summed E-state index contributed by atoms with van der Waals surface area (Å²) >= 11 is 0. The van der Waals surface area contributed by atoms with Crippen molar-refractivity contribution in [2.24, 2.45) is 0 Å². The fraction of sp³-hybridized carbons (Fsp3) is 0.519. The van der Waals surface area contributed by atoms with Gasteiger partial charge in [-0.3, -0.25) is 0 Å². The van der Waals surface area contributed by atoms with E-state index in [1.807, 2.05) is 12.1 Å². The molecule has 0 saturated heterocycles. The first-order chi connectivity index (χ1) is 16.9. The van der Waals surface area contributed by atoms with E-state index in [1.54, 1.807) is 12.1 Å². The van der Waals surface area contributed by atoms with Crippen molar-refractivity contribution in [3.05, 3.63) is 59.7 Å². The van der Waals surface area contributed by atoms with Crippen molar-refractivity contribution in [1.82, 2.24) is 0 Å². The maximum absolute atomic E-state index is 12.8. The highest BCUT2D eigenvalue weighted by atomic mass is 32.5.